The smallest absolute Gasteiger partial charge is 0.270 e. The number of amides is 1. The standard InChI is InChI=1S/C21H25N3O/c25-21(19-11-6-12-20(23-19)24-13-3-4-14-24)22-18-10-5-9-16-7-1-2-8-17(16)15-18/h1-2,6-8,11-12,18H,3-5,9-10,13-15H2,(H,22,25). The summed E-state index contributed by atoms with van der Waals surface area (Å²) in [5, 5.41) is 3.21. The lowest BCUT2D eigenvalue weighted by Crippen LogP contribution is -2.36. The Balaban J connectivity index is 1.46. The monoisotopic (exact) mass is 335 g/mol. The zero-order valence-electron chi connectivity index (χ0n) is 14.6. The highest BCUT2D eigenvalue weighted by molar-refractivity contribution is 5.92. The topological polar surface area (TPSA) is 45.2 Å². The molecule has 0 spiro atoms. The van der Waals surface area contributed by atoms with Crippen LogP contribution in [0, 0.1) is 0 Å². The summed E-state index contributed by atoms with van der Waals surface area (Å²) in [5.41, 5.74) is 3.32. The molecule has 1 aliphatic carbocycles. The summed E-state index contributed by atoms with van der Waals surface area (Å²) in [6.45, 7) is 2.08. The Morgan fingerprint density at radius 3 is 2.64 bits per heavy atom. The van der Waals surface area contributed by atoms with Crippen LogP contribution in [-0.4, -0.2) is 30.0 Å². The number of carbonyl (C=O) groups is 1. The lowest BCUT2D eigenvalue weighted by molar-refractivity contribution is 0.0930. The Morgan fingerprint density at radius 2 is 1.80 bits per heavy atom. The number of hydrogen-bond acceptors (Lipinski definition) is 3. The summed E-state index contributed by atoms with van der Waals surface area (Å²) in [4.78, 5) is 19.6. The van der Waals surface area contributed by atoms with Gasteiger partial charge in [0.25, 0.3) is 5.91 Å². The molecule has 4 heteroatoms. The van der Waals surface area contributed by atoms with Crippen molar-refractivity contribution in [2.24, 2.45) is 0 Å². The second kappa shape index (κ2) is 7.26. The minimum Gasteiger partial charge on any atom is -0.357 e. The maximum absolute atomic E-state index is 12.7. The zero-order valence-corrected chi connectivity index (χ0v) is 14.6. The quantitative estimate of drug-likeness (QED) is 0.875. The molecule has 1 N–H and O–H groups in total. The van der Waals surface area contributed by atoms with Crippen molar-refractivity contribution in [3.63, 3.8) is 0 Å². The molecule has 0 bridgehead atoms. The van der Waals surface area contributed by atoms with E-state index in [4.69, 9.17) is 0 Å². The molecule has 1 saturated heterocycles. The average Bonchev–Trinajstić information content (AvgIpc) is 3.10. The average molecular weight is 335 g/mol. The van der Waals surface area contributed by atoms with Gasteiger partial charge in [0.2, 0.25) is 0 Å². The molecule has 0 saturated carbocycles. The minimum absolute atomic E-state index is 0.0505. The maximum Gasteiger partial charge on any atom is 0.270 e. The molecular formula is C21H25N3O. The minimum atomic E-state index is -0.0505. The van der Waals surface area contributed by atoms with Crippen LogP contribution < -0.4 is 10.2 Å². The number of pyridine rings is 1. The fraction of sp³-hybridized carbons (Fsp3) is 0.429. The highest BCUT2D eigenvalue weighted by Crippen LogP contribution is 2.21. The third kappa shape index (κ3) is 3.68. The summed E-state index contributed by atoms with van der Waals surface area (Å²) < 4.78 is 0. The van der Waals surface area contributed by atoms with Crippen LogP contribution in [0.2, 0.25) is 0 Å². The van der Waals surface area contributed by atoms with Gasteiger partial charge >= 0.3 is 0 Å². The van der Waals surface area contributed by atoms with Gasteiger partial charge in [-0.05, 0) is 61.8 Å². The first-order valence-electron chi connectivity index (χ1n) is 9.39. The van der Waals surface area contributed by atoms with Gasteiger partial charge in [-0.2, -0.15) is 0 Å². The van der Waals surface area contributed by atoms with Crippen LogP contribution in [0.3, 0.4) is 0 Å². The molecule has 1 unspecified atom stereocenters. The maximum atomic E-state index is 12.7. The lowest BCUT2D eigenvalue weighted by atomic mass is 10.0. The van der Waals surface area contributed by atoms with Crippen molar-refractivity contribution in [2.75, 3.05) is 18.0 Å². The van der Waals surface area contributed by atoms with Crippen LogP contribution in [-0.2, 0) is 12.8 Å². The number of aryl methyl sites for hydroxylation is 1. The number of nitrogens with zero attached hydrogens (tertiary/aromatic N) is 2. The van der Waals surface area contributed by atoms with E-state index in [0.29, 0.717) is 5.69 Å². The molecule has 1 aliphatic heterocycles. The van der Waals surface area contributed by atoms with Crippen molar-refractivity contribution in [3.05, 3.63) is 59.3 Å². The molecule has 1 amide bonds. The van der Waals surface area contributed by atoms with Gasteiger partial charge < -0.3 is 10.2 Å². The number of rotatable bonds is 3. The van der Waals surface area contributed by atoms with Crippen LogP contribution in [0.25, 0.3) is 0 Å². The Hall–Kier alpha value is -2.36. The second-order valence-corrected chi connectivity index (χ2v) is 7.11. The Morgan fingerprint density at radius 1 is 1.00 bits per heavy atom. The first-order valence-corrected chi connectivity index (χ1v) is 9.39. The van der Waals surface area contributed by atoms with Crippen LogP contribution in [0.5, 0.6) is 0 Å². The first kappa shape index (κ1) is 16.1. The number of benzene rings is 1. The van der Waals surface area contributed by atoms with Crippen molar-refractivity contribution >= 4 is 11.7 Å². The van der Waals surface area contributed by atoms with Crippen molar-refractivity contribution in [2.45, 2.75) is 44.6 Å². The van der Waals surface area contributed by atoms with E-state index in [1.54, 1.807) is 0 Å². The molecular weight excluding hydrogens is 310 g/mol. The number of hydrogen-bond donors (Lipinski definition) is 1. The van der Waals surface area contributed by atoms with Gasteiger partial charge in [0.15, 0.2) is 0 Å². The van der Waals surface area contributed by atoms with Crippen molar-refractivity contribution in [1.29, 1.82) is 0 Å². The summed E-state index contributed by atoms with van der Waals surface area (Å²) >= 11 is 0. The first-order chi connectivity index (χ1) is 12.3. The number of carbonyl (C=O) groups excluding carboxylic acids is 1. The van der Waals surface area contributed by atoms with E-state index in [9.17, 15) is 4.79 Å². The van der Waals surface area contributed by atoms with Gasteiger partial charge in [0, 0.05) is 19.1 Å². The van der Waals surface area contributed by atoms with E-state index < -0.39 is 0 Å². The molecule has 1 aromatic heterocycles. The van der Waals surface area contributed by atoms with Crippen LogP contribution in [0.15, 0.2) is 42.5 Å². The van der Waals surface area contributed by atoms with Gasteiger partial charge in [-0.25, -0.2) is 4.98 Å². The van der Waals surface area contributed by atoms with Gasteiger partial charge in [-0.1, -0.05) is 30.3 Å². The summed E-state index contributed by atoms with van der Waals surface area (Å²) in [6, 6.07) is 14.5. The summed E-state index contributed by atoms with van der Waals surface area (Å²) in [5.74, 6) is 0.877. The number of nitrogens with one attached hydrogen (secondary N) is 1. The fourth-order valence-corrected chi connectivity index (χ4v) is 3.96. The molecule has 25 heavy (non-hydrogen) atoms. The van der Waals surface area contributed by atoms with E-state index >= 15 is 0 Å². The SMILES string of the molecule is O=C(NC1CCCc2ccccc2C1)c1cccc(N2CCCC2)n1. The lowest BCUT2D eigenvalue weighted by Gasteiger charge is -2.19. The molecule has 0 radical (unpaired) electrons. The van der Waals surface area contributed by atoms with E-state index in [2.05, 4.69) is 39.5 Å². The van der Waals surface area contributed by atoms with Crippen molar-refractivity contribution < 1.29 is 4.79 Å². The third-order valence-corrected chi connectivity index (χ3v) is 5.32. The van der Waals surface area contributed by atoms with Gasteiger partial charge in [-0.3, -0.25) is 4.79 Å². The van der Waals surface area contributed by atoms with E-state index in [0.717, 1.165) is 44.6 Å². The van der Waals surface area contributed by atoms with Gasteiger partial charge in [0.05, 0.1) is 0 Å². The second-order valence-electron chi connectivity index (χ2n) is 7.11. The van der Waals surface area contributed by atoms with Crippen molar-refractivity contribution in [1.82, 2.24) is 10.3 Å². The third-order valence-electron chi connectivity index (χ3n) is 5.32. The van der Waals surface area contributed by atoms with Crippen molar-refractivity contribution in [3.8, 4) is 0 Å². The number of aromatic nitrogens is 1. The van der Waals surface area contributed by atoms with E-state index in [1.807, 2.05) is 18.2 Å². The molecule has 1 atom stereocenters. The molecule has 130 valence electrons. The zero-order chi connectivity index (χ0) is 17.1. The van der Waals surface area contributed by atoms with E-state index in [-0.39, 0.29) is 11.9 Å². The van der Waals surface area contributed by atoms with Gasteiger partial charge in [0.1, 0.15) is 11.5 Å². The molecule has 4 nitrogen and oxygen atoms in total. The predicted molar refractivity (Wildman–Crippen MR) is 100 cm³/mol. The molecule has 1 aromatic carbocycles. The fourth-order valence-electron chi connectivity index (χ4n) is 3.96. The number of anilines is 1. The van der Waals surface area contributed by atoms with Crippen LogP contribution in [0.4, 0.5) is 5.82 Å². The van der Waals surface area contributed by atoms with E-state index in [1.165, 1.54) is 24.0 Å². The Labute approximate surface area is 149 Å². The molecule has 2 aromatic rings. The molecule has 1 fully saturated rings. The normalized spacial score (nSPS) is 20.0. The Kier molecular flexibility index (Phi) is 4.68. The largest absolute Gasteiger partial charge is 0.357 e. The molecule has 4 rings (SSSR count). The molecule has 2 aliphatic rings. The highest BCUT2D eigenvalue weighted by Gasteiger charge is 2.20. The predicted octanol–water partition coefficient (Wildman–Crippen LogP) is 3.36. The Bertz CT molecular complexity index is 752. The van der Waals surface area contributed by atoms with Crippen LogP contribution >= 0.6 is 0 Å². The summed E-state index contributed by atoms with van der Waals surface area (Å²) in [6.07, 6.45) is 6.56. The molecule has 2 heterocycles. The van der Waals surface area contributed by atoms with Gasteiger partial charge in [-0.15, -0.1) is 0 Å². The highest BCUT2D eigenvalue weighted by atomic mass is 16.1. The van der Waals surface area contributed by atoms with Crippen LogP contribution in [0.1, 0.15) is 47.3 Å². The number of fused-ring (bicyclic) bond motifs is 1. The summed E-state index contributed by atoms with van der Waals surface area (Å²) in [7, 11) is 0.